The maximum Gasteiger partial charge on any atom is 0.340 e. The highest BCUT2D eigenvalue weighted by Crippen LogP contribution is 2.25. The lowest BCUT2D eigenvalue weighted by Gasteiger charge is -2.15. The zero-order chi connectivity index (χ0) is 19.1. The molecule has 0 aromatic heterocycles. The van der Waals surface area contributed by atoms with Crippen LogP contribution in [-0.2, 0) is 15.4 Å². The lowest BCUT2D eigenvalue weighted by molar-refractivity contribution is -0.0383. The Hall–Kier alpha value is -2.57. The Kier molecular flexibility index (Phi) is 7.00. The van der Waals surface area contributed by atoms with E-state index in [1.807, 2.05) is 6.07 Å². The number of hydrogen-bond donors (Lipinski definition) is 1. The van der Waals surface area contributed by atoms with E-state index < -0.39 is 12.3 Å². The van der Waals surface area contributed by atoms with Crippen molar-refractivity contribution >= 4 is 29.2 Å². The van der Waals surface area contributed by atoms with Crippen LogP contribution in [-0.4, -0.2) is 32.4 Å². The SMILES string of the molecule is COC(=O)c1cc(OC(C)OC)ccc1NC(=O)c1cccc(CCl)c1. The molecule has 7 heteroatoms. The summed E-state index contributed by atoms with van der Waals surface area (Å²) < 4.78 is 15.3. The number of methoxy groups -OCH3 is 2. The van der Waals surface area contributed by atoms with Gasteiger partial charge in [-0.2, -0.15) is 0 Å². The van der Waals surface area contributed by atoms with Gasteiger partial charge in [-0.25, -0.2) is 4.79 Å². The van der Waals surface area contributed by atoms with Crippen LogP contribution in [0.2, 0.25) is 0 Å². The van der Waals surface area contributed by atoms with Crippen molar-refractivity contribution in [2.24, 2.45) is 0 Å². The summed E-state index contributed by atoms with van der Waals surface area (Å²) in [6.07, 6.45) is -0.487. The molecule has 0 aliphatic rings. The number of amides is 1. The van der Waals surface area contributed by atoms with E-state index in [0.29, 0.717) is 22.9 Å². The topological polar surface area (TPSA) is 73.9 Å². The summed E-state index contributed by atoms with van der Waals surface area (Å²) >= 11 is 5.80. The fourth-order valence-corrected chi connectivity index (χ4v) is 2.38. The number of carbonyl (C=O) groups excluding carboxylic acids is 2. The molecular weight excluding hydrogens is 358 g/mol. The third-order valence-electron chi connectivity index (χ3n) is 3.62. The minimum absolute atomic E-state index is 0.176. The second-order valence-electron chi connectivity index (χ2n) is 5.41. The fraction of sp³-hybridized carbons (Fsp3) is 0.263. The Labute approximate surface area is 157 Å². The molecule has 0 heterocycles. The van der Waals surface area contributed by atoms with Gasteiger partial charge in [0.25, 0.3) is 5.91 Å². The molecule has 2 aromatic rings. The smallest absolute Gasteiger partial charge is 0.340 e. The first-order valence-corrected chi connectivity index (χ1v) is 8.40. The Morgan fingerprint density at radius 3 is 2.58 bits per heavy atom. The monoisotopic (exact) mass is 377 g/mol. The van der Waals surface area contributed by atoms with E-state index in [0.717, 1.165) is 5.56 Å². The predicted octanol–water partition coefficient (Wildman–Crippen LogP) is 3.84. The molecule has 0 fully saturated rings. The van der Waals surface area contributed by atoms with Crippen LogP contribution < -0.4 is 10.1 Å². The van der Waals surface area contributed by atoms with Crippen molar-refractivity contribution in [2.45, 2.75) is 19.1 Å². The molecule has 1 unspecified atom stereocenters. The molecule has 26 heavy (non-hydrogen) atoms. The number of halogens is 1. The van der Waals surface area contributed by atoms with E-state index in [4.69, 9.17) is 25.8 Å². The van der Waals surface area contributed by atoms with Gasteiger partial charge in [0.2, 0.25) is 0 Å². The lowest BCUT2D eigenvalue weighted by atomic mass is 10.1. The van der Waals surface area contributed by atoms with Crippen molar-refractivity contribution in [3.8, 4) is 5.75 Å². The van der Waals surface area contributed by atoms with Crippen LogP contribution in [0.3, 0.4) is 0 Å². The molecule has 0 aliphatic heterocycles. The first-order valence-electron chi connectivity index (χ1n) is 7.86. The quantitative estimate of drug-likeness (QED) is 0.451. The van der Waals surface area contributed by atoms with Gasteiger partial charge >= 0.3 is 5.97 Å². The summed E-state index contributed by atoms with van der Waals surface area (Å²) in [4.78, 5) is 24.6. The van der Waals surface area contributed by atoms with Crippen molar-refractivity contribution in [2.75, 3.05) is 19.5 Å². The lowest BCUT2D eigenvalue weighted by Crippen LogP contribution is -2.17. The van der Waals surface area contributed by atoms with Crippen LogP contribution in [0.5, 0.6) is 5.75 Å². The number of hydrogen-bond acceptors (Lipinski definition) is 5. The first kappa shape index (κ1) is 19.8. The average Bonchev–Trinajstić information content (AvgIpc) is 2.68. The van der Waals surface area contributed by atoms with Gasteiger partial charge < -0.3 is 19.5 Å². The number of benzene rings is 2. The van der Waals surface area contributed by atoms with Gasteiger partial charge in [-0.15, -0.1) is 11.6 Å². The van der Waals surface area contributed by atoms with Crippen molar-refractivity contribution in [1.82, 2.24) is 0 Å². The number of anilines is 1. The average molecular weight is 378 g/mol. The van der Waals surface area contributed by atoms with E-state index in [2.05, 4.69) is 5.32 Å². The fourth-order valence-electron chi connectivity index (χ4n) is 2.21. The molecule has 0 bridgehead atoms. The van der Waals surface area contributed by atoms with Gasteiger partial charge in [0.05, 0.1) is 18.4 Å². The molecule has 0 saturated heterocycles. The van der Waals surface area contributed by atoms with Crippen LogP contribution in [0, 0.1) is 0 Å². The third-order valence-corrected chi connectivity index (χ3v) is 3.93. The van der Waals surface area contributed by atoms with Gasteiger partial charge in [0.15, 0.2) is 6.29 Å². The highest BCUT2D eigenvalue weighted by molar-refractivity contribution is 6.17. The van der Waals surface area contributed by atoms with Crippen LogP contribution in [0.1, 0.15) is 33.2 Å². The number of carbonyl (C=O) groups is 2. The Bertz CT molecular complexity index is 793. The van der Waals surface area contributed by atoms with Crippen LogP contribution in [0.25, 0.3) is 0 Å². The minimum atomic E-state index is -0.592. The summed E-state index contributed by atoms with van der Waals surface area (Å²) in [5, 5.41) is 2.72. The normalized spacial score (nSPS) is 11.5. The highest BCUT2D eigenvalue weighted by Gasteiger charge is 2.17. The van der Waals surface area contributed by atoms with Crippen LogP contribution >= 0.6 is 11.6 Å². The molecular formula is C19H20ClNO5. The molecule has 1 N–H and O–H groups in total. The van der Waals surface area contributed by atoms with Gasteiger partial charge in [0, 0.05) is 18.6 Å². The number of nitrogens with one attached hydrogen (secondary N) is 1. The molecule has 6 nitrogen and oxygen atoms in total. The summed E-state index contributed by atoms with van der Waals surface area (Å²) in [6, 6.07) is 11.6. The maximum absolute atomic E-state index is 12.5. The van der Waals surface area contributed by atoms with E-state index in [1.54, 1.807) is 37.3 Å². The van der Waals surface area contributed by atoms with Crippen molar-refractivity contribution in [1.29, 1.82) is 0 Å². The predicted molar refractivity (Wildman–Crippen MR) is 98.8 cm³/mol. The van der Waals surface area contributed by atoms with Crippen LogP contribution in [0.4, 0.5) is 5.69 Å². The largest absolute Gasteiger partial charge is 0.465 e. The van der Waals surface area contributed by atoms with Gasteiger partial charge in [-0.3, -0.25) is 4.79 Å². The highest BCUT2D eigenvalue weighted by atomic mass is 35.5. The third kappa shape index (κ3) is 4.97. The second-order valence-corrected chi connectivity index (χ2v) is 5.68. The second kappa shape index (κ2) is 9.22. The molecule has 1 atom stereocenters. The molecule has 0 spiro atoms. The maximum atomic E-state index is 12.5. The summed E-state index contributed by atoms with van der Waals surface area (Å²) in [7, 11) is 2.78. The van der Waals surface area contributed by atoms with Gasteiger partial charge in [-0.1, -0.05) is 12.1 Å². The Morgan fingerprint density at radius 2 is 1.92 bits per heavy atom. The standard InChI is InChI=1S/C19H20ClNO5/c1-12(24-2)26-15-7-8-17(16(10-15)19(23)25-3)21-18(22)14-6-4-5-13(9-14)11-20/h4-10,12H,11H2,1-3H3,(H,21,22). The molecule has 1 amide bonds. The number of ether oxygens (including phenoxy) is 3. The van der Waals surface area contributed by atoms with E-state index >= 15 is 0 Å². The van der Waals surface area contributed by atoms with Crippen molar-refractivity contribution in [3.63, 3.8) is 0 Å². The Balaban J connectivity index is 2.29. The van der Waals surface area contributed by atoms with E-state index in [-0.39, 0.29) is 11.5 Å². The first-order chi connectivity index (χ1) is 12.5. The zero-order valence-electron chi connectivity index (χ0n) is 14.7. The van der Waals surface area contributed by atoms with E-state index in [9.17, 15) is 9.59 Å². The molecule has 2 rings (SSSR count). The minimum Gasteiger partial charge on any atom is -0.465 e. The summed E-state index contributed by atoms with van der Waals surface area (Å²) in [6.45, 7) is 1.72. The molecule has 0 saturated carbocycles. The van der Waals surface area contributed by atoms with Crippen molar-refractivity contribution < 1.29 is 23.8 Å². The summed E-state index contributed by atoms with van der Waals surface area (Å²) in [5.74, 6) is -0.230. The Morgan fingerprint density at radius 1 is 1.15 bits per heavy atom. The van der Waals surface area contributed by atoms with Crippen molar-refractivity contribution in [3.05, 3.63) is 59.2 Å². The molecule has 138 valence electrons. The number of alkyl halides is 1. The zero-order valence-corrected chi connectivity index (χ0v) is 15.5. The molecule has 0 aliphatic carbocycles. The summed E-state index contributed by atoms with van der Waals surface area (Å²) in [5.41, 5.74) is 1.75. The molecule has 2 aromatic carbocycles. The van der Waals surface area contributed by atoms with Gasteiger partial charge in [0.1, 0.15) is 5.75 Å². The number of esters is 1. The molecule has 0 radical (unpaired) electrons. The van der Waals surface area contributed by atoms with E-state index in [1.165, 1.54) is 20.3 Å². The van der Waals surface area contributed by atoms with Gasteiger partial charge in [-0.05, 0) is 42.8 Å². The number of rotatable bonds is 7. The van der Waals surface area contributed by atoms with Crippen LogP contribution in [0.15, 0.2) is 42.5 Å².